The zero-order valence-corrected chi connectivity index (χ0v) is 10.3. The van der Waals surface area contributed by atoms with Gasteiger partial charge in [0, 0.05) is 5.92 Å². The topological polar surface area (TPSA) is 12.9 Å². The summed E-state index contributed by atoms with van der Waals surface area (Å²) in [4.78, 5) is 4.80. The number of rotatable bonds is 1. The summed E-state index contributed by atoms with van der Waals surface area (Å²) in [5, 5.41) is 1.38. The second kappa shape index (κ2) is 4.54. The largest absolute Gasteiger partial charge is 0.241 e. The van der Waals surface area contributed by atoms with Crippen LogP contribution < -0.4 is 0 Å². The van der Waals surface area contributed by atoms with Crippen molar-refractivity contribution in [2.45, 2.75) is 44.4 Å². The fourth-order valence-corrected chi connectivity index (χ4v) is 3.73. The van der Waals surface area contributed by atoms with E-state index in [0.29, 0.717) is 0 Å². The van der Waals surface area contributed by atoms with Gasteiger partial charge >= 0.3 is 0 Å². The third kappa shape index (κ3) is 1.99. The van der Waals surface area contributed by atoms with Crippen LogP contribution in [0.2, 0.25) is 0 Å². The maximum absolute atomic E-state index is 4.80. The summed E-state index contributed by atoms with van der Waals surface area (Å²) in [6.07, 6.45) is 8.31. The molecule has 0 saturated heterocycles. The molecule has 1 heterocycles. The molecule has 16 heavy (non-hydrogen) atoms. The van der Waals surface area contributed by atoms with Crippen molar-refractivity contribution < 1.29 is 0 Å². The van der Waals surface area contributed by atoms with Gasteiger partial charge in [0.05, 0.1) is 15.2 Å². The third-order valence-electron chi connectivity index (χ3n) is 3.51. The molecule has 1 aromatic heterocycles. The fraction of sp³-hybridized carbons (Fsp3) is 0.500. The Bertz CT molecular complexity index is 433. The molecule has 2 aromatic rings. The number of hydrogen-bond acceptors (Lipinski definition) is 2. The average Bonchev–Trinajstić information content (AvgIpc) is 2.56. The smallest absolute Gasteiger partial charge is 0.0969 e. The van der Waals surface area contributed by atoms with Crippen LogP contribution in [0.1, 0.15) is 49.5 Å². The van der Waals surface area contributed by atoms with Gasteiger partial charge < -0.3 is 0 Å². The van der Waals surface area contributed by atoms with Gasteiger partial charge in [0.1, 0.15) is 0 Å². The van der Waals surface area contributed by atoms with Gasteiger partial charge in [-0.15, -0.1) is 11.3 Å². The van der Waals surface area contributed by atoms with Crippen molar-refractivity contribution in [3.05, 3.63) is 29.3 Å². The Kier molecular flexibility index (Phi) is 2.92. The Morgan fingerprint density at radius 3 is 2.50 bits per heavy atom. The van der Waals surface area contributed by atoms with Crippen molar-refractivity contribution in [3.63, 3.8) is 0 Å². The quantitative estimate of drug-likeness (QED) is 0.646. The predicted molar refractivity (Wildman–Crippen MR) is 70.1 cm³/mol. The monoisotopic (exact) mass is 231 g/mol. The number of benzene rings is 1. The minimum atomic E-state index is 0.736. The molecular weight excluding hydrogens is 214 g/mol. The normalized spacial score (nSPS) is 18.8. The van der Waals surface area contributed by atoms with Crippen LogP contribution in [0.5, 0.6) is 0 Å². The van der Waals surface area contributed by atoms with Gasteiger partial charge in [-0.2, -0.15) is 0 Å². The molecule has 0 N–H and O–H groups in total. The van der Waals surface area contributed by atoms with Gasteiger partial charge in [0.2, 0.25) is 0 Å². The van der Waals surface area contributed by atoms with E-state index < -0.39 is 0 Å². The minimum absolute atomic E-state index is 0.736. The maximum atomic E-state index is 4.80. The Hall–Kier alpha value is -0.890. The van der Waals surface area contributed by atoms with Crippen LogP contribution in [0.25, 0.3) is 10.2 Å². The lowest BCUT2D eigenvalue weighted by Gasteiger charge is -2.09. The van der Waals surface area contributed by atoms with Crippen molar-refractivity contribution in [1.29, 1.82) is 0 Å². The summed E-state index contributed by atoms with van der Waals surface area (Å²) >= 11 is 1.90. The van der Waals surface area contributed by atoms with Crippen molar-refractivity contribution >= 4 is 21.6 Å². The highest BCUT2D eigenvalue weighted by molar-refractivity contribution is 7.18. The van der Waals surface area contributed by atoms with Crippen molar-refractivity contribution in [2.75, 3.05) is 0 Å². The van der Waals surface area contributed by atoms with Crippen LogP contribution in [-0.2, 0) is 0 Å². The molecule has 0 spiro atoms. The SMILES string of the molecule is c1ccc2sc(C3CCCCCC3)nc2c1. The van der Waals surface area contributed by atoms with Gasteiger partial charge in [-0.1, -0.05) is 37.8 Å². The van der Waals surface area contributed by atoms with Gasteiger partial charge in [0.15, 0.2) is 0 Å². The molecule has 0 atom stereocenters. The Morgan fingerprint density at radius 1 is 1.00 bits per heavy atom. The summed E-state index contributed by atoms with van der Waals surface area (Å²) in [6.45, 7) is 0. The Balaban J connectivity index is 1.92. The zero-order valence-electron chi connectivity index (χ0n) is 9.48. The molecule has 3 rings (SSSR count). The summed E-state index contributed by atoms with van der Waals surface area (Å²) in [7, 11) is 0. The Morgan fingerprint density at radius 2 is 1.75 bits per heavy atom. The van der Waals surface area contributed by atoms with E-state index in [1.165, 1.54) is 53.7 Å². The first-order chi connectivity index (χ1) is 7.93. The van der Waals surface area contributed by atoms with Crippen LogP contribution in [0.4, 0.5) is 0 Å². The van der Waals surface area contributed by atoms with Crippen molar-refractivity contribution in [2.24, 2.45) is 0 Å². The van der Waals surface area contributed by atoms with E-state index in [1.807, 2.05) is 11.3 Å². The number of fused-ring (bicyclic) bond motifs is 1. The van der Waals surface area contributed by atoms with Crippen LogP contribution in [0, 0.1) is 0 Å². The van der Waals surface area contributed by atoms with Crippen molar-refractivity contribution in [1.82, 2.24) is 4.98 Å². The highest BCUT2D eigenvalue weighted by atomic mass is 32.1. The van der Waals surface area contributed by atoms with E-state index in [2.05, 4.69) is 24.3 Å². The van der Waals surface area contributed by atoms with E-state index >= 15 is 0 Å². The second-order valence-corrected chi connectivity index (χ2v) is 5.77. The third-order valence-corrected chi connectivity index (χ3v) is 4.71. The maximum Gasteiger partial charge on any atom is 0.0969 e. The molecule has 2 heteroatoms. The molecule has 0 radical (unpaired) electrons. The lowest BCUT2D eigenvalue weighted by Crippen LogP contribution is -1.95. The van der Waals surface area contributed by atoms with Crippen molar-refractivity contribution in [3.8, 4) is 0 Å². The number of thiazole rings is 1. The number of nitrogens with zero attached hydrogens (tertiary/aromatic N) is 1. The molecule has 1 aliphatic rings. The van der Waals surface area contributed by atoms with Gasteiger partial charge in [0.25, 0.3) is 0 Å². The van der Waals surface area contributed by atoms with E-state index in [-0.39, 0.29) is 0 Å². The molecular formula is C14H17NS. The number of hydrogen-bond donors (Lipinski definition) is 0. The molecule has 0 aliphatic heterocycles. The van der Waals surface area contributed by atoms with Crippen LogP contribution >= 0.6 is 11.3 Å². The first kappa shape index (κ1) is 10.3. The highest BCUT2D eigenvalue weighted by Crippen LogP contribution is 2.35. The van der Waals surface area contributed by atoms with Crippen LogP contribution in [0.15, 0.2) is 24.3 Å². The second-order valence-electron chi connectivity index (χ2n) is 4.71. The first-order valence-electron chi connectivity index (χ1n) is 6.29. The molecule has 0 unspecified atom stereocenters. The van der Waals surface area contributed by atoms with Gasteiger partial charge in [-0.05, 0) is 25.0 Å². The fourth-order valence-electron chi connectivity index (χ4n) is 2.59. The standard InChI is InChI=1S/C14H17NS/c1-2-4-8-11(7-3-1)14-15-12-9-5-6-10-13(12)16-14/h5-6,9-11H,1-4,7-8H2. The molecule has 1 saturated carbocycles. The lowest BCUT2D eigenvalue weighted by atomic mass is 10.0. The van der Waals surface area contributed by atoms with Gasteiger partial charge in [-0.25, -0.2) is 4.98 Å². The summed E-state index contributed by atoms with van der Waals surface area (Å²) < 4.78 is 1.35. The molecule has 1 nitrogen and oxygen atoms in total. The zero-order chi connectivity index (χ0) is 10.8. The molecule has 1 aliphatic carbocycles. The van der Waals surface area contributed by atoms with Gasteiger partial charge in [-0.3, -0.25) is 0 Å². The predicted octanol–water partition coefficient (Wildman–Crippen LogP) is 4.73. The Labute approximate surface area is 101 Å². The highest BCUT2D eigenvalue weighted by Gasteiger charge is 2.17. The lowest BCUT2D eigenvalue weighted by molar-refractivity contribution is 0.590. The van der Waals surface area contributed by atoms with E-state index in [9.17, 15) is 0 Å². The average molecular weight is 231 g/mol. The van der Waals surface area contributed by atoms with E-state index in [1.54, 1.807) is 0 Å². The van der Waals surface area contributed by atoms with Crippen LogP contribution in [0.3, 0.4) is 0 Å². The summed E-state index contributed by atoms with van der Waals surface area (Å²) in [5.41, 5.74) is 1.19. The molecule has 1 aromatic carbocycles. The van der Waals surface area contributed by atoms with E-state index in [4.69, 9.17) is 4.98 Å². The number of para-hydroxylation sites is 1. The molecule has 84 valence electrons. The summed E-state index contributed by atoms with van der Waals surface area (Å²) in [6, 6.07) is 8.51. The van der Waals surface area contributed by atoms with E-state index in [0.717, 1.165) is 5.92 Å². The first-order valence-corrected chi connectivity index (χ1v) is 7.10. The van der Waals surface area contributed by atoms with Crippen LogP contribution in [-0.4, -0.2) is 4.98 Å². The molecule has 0 amide bonds. The number of aromatic nitrogens is 1. The molecule has 1 fully saturated rings. The molecule has 0 bridgehead atoms. The minimum Gasteiger partial charge on any atom is -0.241 e. The summed E-state index contributed by atoms with van der Waals surface area (Å²) in [5.74, 6) is 0.736.